The van der Waals surface area contributed by atoms with Gasteiger partial charge in [-0.2, -0.15) is 0 Å². The average molecular weight is 267 g/mol. The van der Waals surface area contributed by atoms with Crippen LogP contribution in [-0.4, -0.2) is 35.6 Å². The number of likely N-dealkylation sites (N-methyl/N-ethyl adjacent to an activating group) is 1. The minimum atomic E-state index is -0.244. The van der Waals surface area contributed by atoms with Crippen molar-refractivity contribution in [3.8, 4) is 0 Å². The van der Waals surface area contributed by atoms with Gasteiger partial charge in [-0.1, -0.05) is 19.1 Å². The van der Waals surface area contributed by atoms with E-state index in [-0.39, 0.29) is 24.2 Å². The topological polar surface area (TPSA) is 40.5 Å². The second-order valence-corrected chi connectivity index (χ2v) is 4.84. The van der Waals surface area contributed by atoms with E-state index in [1.54, 1.807) is 11.0 Å². The van der Waals surface area contributed by atoms with Crippen molar-refractivity contribution in [2.24, 2.45) is 5.92 Å². The number of halogens is 1. The molecule has 1 rings (SSSR count). The van der Waals surface area contributed by atoms with Gasteiger partial charge in [0.15, 0.2) is 0 Å². The molecule has 1 amide bonds. The second kappa shape index (κ2) is 7.89. The first-order valence-electron chi connectivity index (χ1n) is 6.69. The standard InChI is InChI=1S/C15H22FNO2/c1-3-17(7-8-18)15(19)10-12(2)9-13-5-4-6-14(16)11-13/h4-6,11-12,18H,3,7-10H2,1-2H3. The number of hydrogen-bond donors (Lipinski definition) is 1. The number of rotatable bonds is 7. The highest BCUT2D eigenvalue weighted by molar-refractivity contribution is 5.76. The van der Waals surface area contributed by atoms with Gasteiger partial charge in [0, 0.05) is 19.5 Å². The van der Waals surface area contributed by atoms with Gasteiger partial charge in [0.1, 0.15) is 5.82 Å². The Morgan fingerprint density at radius 1 is 1.47 bits per heavy atom. The lowest BCUT2D eigenvalue weighted by molar-refractivity contribution is -0.132. The highest BCUT2D eigenvalue weighted by Crippen LogP contribution is 2.14. The number of nitrogens with zero attached hydrogens (tertiary/aromatic N) is 1. The lowest BCUT2D eigenvalue weighted by atomic mass is 9.97. The van der Waals surface area contributed by atoms with Crippen molar-refractivity contribution in [3.05, 3.63) is 35.6 Å². The molecule has 1 N–H and O–H groups in total. The maximum atomic E-state index is 13.1. The normalized spacial score (nSPS) is 12.2. The molecule has 1 aromatic rings. The molecule has 1 aromatic carbocycles. The van der Waals surface area contributed by atoms with Crippen LogP contribution in [0.25, 0.3) is 0 Å². The highest BCUT2D eigenvalue weighted by atomic mass is 19.1. The summed E-state index contributed by atoms with van der Waals surface area (Å²) in [6, 6.07) is 6.48. The molecule has 1 unspecified atom stereocenters. The molecule has 1 atom stereocenters. The van der Waals surface area contributed by atoms with Gasteiger partial charge in [-0.05, 0) is 37.0 Å². The van der Waals surface area contributed by atoms with Crippen molar-refractivity contribution in [1.29, 1.82) is 0 Å². The predicted molar refractivity (Wildman–Crippen MR) is 73.2 cm³/mol. The van der Waals surface area contributed by atoms with Gasteiger partial charge in [-0.3, -0.25) is 4.79 Å². The Kier molecular flexibility index (Phi) is 6.50. The predicted octanol–water partition coefficient (Wildman–Crippen LogP) is 2.24. The van der Waals surface area contributed by atoms with E-state index < -0.39 is 0 Å². The fraction of sp³-hybridized carbons (Fsp3) is 0.533. The van der Waals surface area contributed by atoms with Crippen LogP contribution in [-0.2, 0) is 11.2 Å². The molecule has 0 spiro atoms. The van der Waals surface area contributed by atoms with Crippen LogP contribution < -0.4 is 0 Å². The maximum Gasteiger partial charge on any atom is 0.222 e. The number of amides is 1. The van der Waals surface area contributed by atoms with Crippen molar-refractivity contribution in [2.45, 2.75) is 26.7 Å². The molecule has 0 aliphatic rings. The van der Waals surface area contributed by atoms with Crippen LogP contribution in [0.5, 0.6) is 0 Å². The van der Waals surface area contributed by atoms with Crippen LogP contribution >= 0.6 is 0 Å². The first kappa shape index (κ1) is 15.6. The van der Waals surface area contributed by atoms with Crippen molar-refractivity contribution < 1.29 is 14.3 Å². The minimum Gasteiger partial charge on any atom is -0.395 e. The van der Waals surface area contributed by atoms with Crippen LogP contribution in [0, 0.1) is 11.7 Å². The van der Waals surface area contributed by atoms with E-state index in [1.807, 2.05) is 19.9 Å². The van der Waals surface area contributed by atoms with Gasteiger partial charge in [-0.15, -0.1) is 0 Å². The van der Waals surface area contributed by atoms with Gasteiger partial charge < -0.3 is 10.0 Å². The number of carbonyl (C=O) groups excluding carboxylic acids is 1. The molecule has 0 aliphatic carbocycles. The van der Waals surface area contributed by atoms with Crippen LogP contribution in [0.3, 0.4) is 0 Å². The van der Waals surface area contributed by atoms with Crippen LogP contribution in [0.15, 0.2) is 24.3 Å². The Bertz CT molecular complexity index is 409. The number of hydrogen-bond acceptors (Lipinski definition) is 2. The molecule has 0 radical (unpaired) electrons. The van der Waals surface area contributed by atoms with Crippen LogP contribution in [0.2, 0.25) is 0 Å². The summed E-state index contributed by atoms with van der Waals surface area (Å²) in [5.41, 5.74) is 0.908. The van der Waals surface area contributed by atoms with E-state index in [0.717, 1.165) is 5.56 Å². The van der Waals surface area contributed by atoms with Gasteiger partial charge in [-0.25, -0.2) is 4.39 Å². The van der Waals surface area contributed by atoms with Crippen molar-refractivity contribution in [2.75, 3.05) is 19.7 Å². The average Bonchev–Trinajstić information content (AvgIpc) is 2.35. The molecule has 3 nitrogen and oxygen atoms in total. The Morgan fingerprint density at radius 3 is 2.79 bits per heavy atom. The summed E-state index contributed by atoms with van der Waals surface area (Å²) in [5, 5.41) is 8.88. The van der Waals surface area contributed by atoms with Gasteiger partial charge in [0.05, 0.1) is 6.61 Å². The SMILES string of the molecule is CCN(CCO)C(=O)CC(C)Cc1cccc(F)c1. The Hall–Kier alpha value is -1.42. The third-order valence-electron chi connectivity index (χ3n) is 3.10. The van der Waals surface area contributed by atoms with Crippen molar-refractivity contribution in [3.63, 3.8) is 0 Å². The second-order valence-electron chi connectivity index (χ2n) is 4.84. The fourth-order valence-electron chi connectivity index (χ4n) is 2.15. The van der Waals surface area contributed by atoms with E-state index in [4.69, 9.17) is 5.11 Å². The molecule has 19 heavy (non-hydrogen) atoms. The first-order chi connectivity index (χ1) is 9.06. The molecule has 0 heterocycles. The zero-order valence-electron chi connectivity index (χ0n) is 11.6. The van der Waals surface area contributed by atoms with Crippen LogP contribution in [0.4, 0.5) is 4.39 Å². The molecule has 0 saturated carbocycles. The van der Waals surface area contributed by atoms with Gasteiger partial charge >= 0.3 is 0 Å². The lowest BCUT2D eigenvalue weighted by Gasteiger charge is -2.21. The molecule has 0 aromatic heterocycles. The highest BCUT2D eigenvalue weighted by Gasteiger charge is 2.15. The smallest absolute Gasteiger partial charge is 0.222 e. The van der Waals surface area contributed by atoms with E-state index in [9.17, 15) is 9.18 Å². The van der Waals surface area contributed by atoms with Crippen molar-refractivity contribution >= 4 is 5.91 Å². The van der Waals surface area contributed by atoms with Crippen LogP contribution in [0.1, 0.15) is 25.8 Å². The third-order valence-corrected chi connectivity index (χ3v) is 3.10. The third kappa shape index (κ3) is 5.39. The summed E-state index contributed by atoms with van der Waals surface area (Å²) in [4.78, 5) is 13.6. The van der Waals surface area contributed by atoms with Crippen molar-refractivity contribution in [1.82, 2.24) is 4.90 Å². The fourth-order valence-corrected chi connectivity index (χ4v) is 2.15. The number of benzene rings is 1. The first-order valence-corrected chi connectivity index (χ1v) is 6.69. The van der Waals surface area contributed by atoms with E-state index in [1.165, 1.54) is 12.1 Å². The lowest BCUT2D eigenvalue weighted by Crippen LogP contribution is -2.34. The monoisotopic (exact) mass is 267 g/mol. The summed E-state index contributed by atoms with van der Waals surface area (Å²) >= 11 is 0. The Labute approximate surface area is 114 Å². The zero-order valence-corrected chi connectivity index (χ0v) is 11.6. The summed E-state index contributed by atoms with van der Waals surface area (Å²) in [6.45, 7) is 4.84. The minimum absolute atomic E-state index is 0.0160. The molecule has 0 aliphatic heterocycles. The van der Waals surface area contributed by atoms with Gasteiger partial charge in [0.2, 0.25) is 5.91 Å². The quantitative estimate of drug-likeness (QED) is 0.823. The molecular formula is C15H22FNO2. The summed E-state index contributed by atoms with van der Waals surface area (Å²) in [5.74, 6) is -0.0472. The number of aliphatic hydroxyl groups excluding tert-OH is 1. The summed E-state index contributed by atoms with van der Waals surface area (Å²) in [6.07, 6.45) is 1.10. The molecule has 0 bridgehead atoms. The molecular weight excluding hydrogens is 245 g/mol. The molecule has 0 saturated heterocycles. The maximum absolute atomic E-state index is 13.1. The molecule has 4 heteroatoms. The Balaban J connectivity index is 2.50. The number of aliphatic hydroxyl groups is 1. The Morgan fingerprint density at radius 2 is 2.21 bits per heavy atom. The number of carbonyl (C=O) groups is 1. The molecule has 106 valence electrons. The van der Waals surface area contributed by atoms with Gasteiger partial charge in [0.25, 0.3) is 0 Å². The zero-order chi connectivity index (χ0) is 14.3. The van der Waals surface area contributed by atoms with E-state index in [2.05, 4.69) is 0 Å². The summed E-state index contributed by atoms with van der Waals surface area (Å²) < 4.78 is 13.1. The summed E-state index contributed by atoms with van der Waals surface area (Å²) in [7, 11) is 0. The van der Waals surface area contributed by atoms with E-state index >= 15 is 0 Å². The molecule has 0 fully saturated rings. The van der Waals surface area contributed by atoms with E-state index in [0.29, 0.717) is 25.9 Å². The largest absolute Gasteiger partial charge is 0.395 e.